The Hall–Kier alpha value is -0.860. The van der Waals surface area contributed by atoms with E-state index in [1.807, 2.05) is 6.92 Å². The summed E-state index contributed by atoms with van der Waals surface area (Å²) in [6.07, 6.45) is 7.58. The third kappa shape index (κ3) is 8.90. The minimum absolute atomic E-state index is 0.0678. The van der Waals surface area contributed by atoms with Crippen molar-refractivity contribution in [2.75, 3.05) is 0 Å². The third-order valence-corrected chi connectivity index (χ3v) is 2.81. The zero-order valence-corrected chi connectivity index (χ0v) is 11.5. The van der Waals surface area contributed by atoms with Crippen molar-refractivity contribution in [1.82, 2.24) is 0 Å². The Balaban J connectivity index is 3.64. The van der Waals surface area contributed by atoms with Crippen molar-refractivity contribution in [3.05, 3.63) is 0 Å². The van der Waals surface area contributed by atoms with Gasteiger partial charge in [0, 0.05) is 13.3 Å². The highest BCUT2D eigenvalue weighted by Crippen LogP contribution is 2.10. The first-order chi connectivity index (χ1) is 8.11. The summed E-state index contributed by atoms with van der Waals surface area (Å²) in [7, 11) is 0. The van der Waals surface area contributed by atoms with Crippen LogP contribution < -0.4 is 0 Å². The highest BCUT2D eigenvalue weighted by atomic mass is 16.5. The molecule has 0 amide bonds. The van der Waals surface area contributed by atoms with Crippen LogP contribution in [0.5, 0.6) is 0 Å². The molecule has 0 aliphatic heterocycles. The van der Waals surface area contributed by atoms with E-state index in [-0.39, 0.29) is 11.8 Å². The number of hydrogen-bond acceptors (Lipinski definition) is 3. The summed E-state index contributed by atoms with van der Waals surface area (Å²) in [6.45, 7) is 5.40. The van der Waals surface area contributed by atoms with Gasteiger partial charge in [0.05, 0.1) is 0 Å². The van der Waals surface area contributed by atoms with Gasteiger partial charge in [-0.15, -0.1) is 0 Å². The first kappa shape index (κ1) is 16.1. The summed E-state index contributed by atoms with van der Waals surface area (Å²) in [5.74, 6) is -0.300. The summed E-state index contributed by atoms with van der Waals surface area (Å²) in [5, 5.41) is 0. The second-order valence-electron chi connectivity index (χ2n) is 4.49. The molecule has 100 valence electrons. The normalized spacial score (nSPS) is 12.2. The molecule has 0 heterocycles. The Kier molecular flexibility index (Phi) is 9.78. The fourth-order valence-corrected chi connectivity index (χ4v) is 1.82. The highest BCUT2D eigenvalue weighted by Gasteiger charge is 2.18. The van der Waals surface area contributed by atoms with Gasteiger partial charge in [-0.05, 0) is 12.8 Å². The Bertz CT molecular complexity index is 224. The summed E-state index contributed by atoms with van der Waals surface area (Å²) in [6, 6.07) is 0. The van der Waals surface area contributed by atoms with Gasteiger partial charge in [-0.1, -0.05) is 46.0 Å². The van der Waals surface area contributed by atoms with Crippen LogP contribution in [0, 0.1) is 0 Å². The summed E-state index contributed by atoms with van der Waals surface area (Å²) >= 11 is 0. The Morgan fingerprint density at radius 1 is 1.00 bits per heavy atom. The van der Waals surface area contributed by atoms with E-state index in [4.69, 9.17) is 4.74 Å². The standard InChI is InChI=1S/C14H26O3/c1-4-6-7-8-9-10-11-13(16)14(5-2)17-12(3)15/h14H,4-11H2,1-3H3. The molecule has 0 aliphatic rings. The molecular weight excluding hydrogens is 216 g/mol. The van der Waals surface area contributed by atoms with E-state index in [9.17, 15) is 9.59 Å². The number of esters is 1. The molecule has 0 N–H and O–H groups in total. The molecule has 0 aromatic rings. The molecule has 3 heteroatoms. The molecule has 0 saturated carbocycles. The molecule has 0 spiro atoms. The van der Waals surface area contributed by atoms with Crippen molar-refractivity contribution < 1.29 is 14.3 Å². The maximum Gasteiger partial charge on any atom is 0.303 e. The SMILES string of the molecule is CCCCCCCCC(=O)C(CC)OC(C)=O. The van der Waals surface area contributed by atoms with Crippen LogP contribution in [0.25, 0.3) is 0 Å². The topological polar surface area (TPSA) is 43.4 Å². The van der Waals surface area contributed by atoms with Crippen LogP contribution in [0.2, 0.25) is 0 Å². The van der Waals surface area contributed by atoms with Crippen molar-refractivity contribution in [2.24, 2.45) is 0 Å². The fraction of sp³-hybridized carbons (Fsp3) is 0.857. The minimum Gasteiger partial charge on any atom is -0.455 e. The van der Waals surface area contributed by atoms with Gasteiger partial charge in [0.25, 0.3) is 0 Å². The lowest BCUT2D eigenvalue weighted by molar-refractivity contribution is -0.153. The van der Waals surface area contributed by atoms with E-state index >= 15 is 0 Å². The van der Waals surface area contributed by atoms with Gasteiger partial charge in [-0.25, -0.2) is 0 Å². The molecule has 1 atom stereocenters. The average Bonchev–Trinajstić information content (AvgIpc) is 2.30. The number of carbonyl (C=O) groups excluding carboxylic acids is 2. The minimum atomic E-state index is -0.525. The molecule has 0 radical (unpaired) electrons. The second kappa shape index (κ2) is 10.3. The first-order valence-electron chi connectivity index (χ1n) is 6.81. The molecule has 3 nitrogen and oxygen atoms in total. The lowest BCUT2D eigenvalue weighted by Crippen LogP contribution is -2.25. The largest absolute Gasteiger partial charge is 0.455 e. The molecule has 0 fully saturated rings. The van der Waals surface area contributed by atoms with E-state index in [2.05, 4.69) is 6.92 Å². The van der Waals surface area contributed by atoms with Crippen LogP contribution >= 0.6 is 0 Å². The molecule has 0 aromatic carbocycles. The van der Waals surface area contributed by atoms with E-state index in [1.54, 1.807) is 0 Å². The molecule has 0 aromatic heterocycles. The van der Waals surface area contributed by atoms with Gasteiger partial charge in [-0.2, -0.15) is 0 Å². The molecule has 1 unspecified atom stereocenters. The lowest BCUT2D eigenvalue weighted by atomic mass is 10.0. The number of hydrogen-bond donors (Lipinski definition) is 0. The van der Waals surface area contributed by atoms with Gasteiger partial charge in [0.2, 0.25) is 0 Å². The molecule has 17 heavy (non-hydrogen) atoms. The van der Waals surface area contributed by atoms with Gasteiger partial charge in [0.1, 0.15) is 0 Å². The van der Waals surface area contributed by atoms with E-state index in [1.165, 1.54) is 32.6 Å². The van der Waals surface area contributed by atoms with Gasteiger partial charge in [0.15, 0.2) is 11.9 Å². The Morgan fingerprint density at radius 3 is 2.12 bits per heavy atom. The summed E-state index contributed by atoms with van der Waals surface area (Å²) < 4.78 is 4.97. The Morgan fingerprint density at radius 2 is 1.59 bits per heavy atom. The average molecular weight is 242 g/mol. The summed E-state index contributed by atoms with van der Waals surface area (Å²) in [4.78, 5) is 22.5. The van der Waals surface area contributed by atoms with Crippen molar-refractivity contribution in [3.63, 3.8) is 0 Å². The maximum absolute atomic E-state index is 11.7. The van der Waals surface area contributed by atoms with Crippen LogP contribution in [0.15, 0.2) is 0 Å². The highest BCUT2D eigenvalue weighted by molar-refractivity contribution is 5.85. The first-order valence-corrected chi connectivity index (χ1v) is 6.81. The quantitative estimate of drug-likeness (QED) is 0.434. The summed E-state index contributed by atoms with van der Waals surface area (Å²) in [5.41, 5.74) is 0. The van der Waals surface area contributed by atoms with E-state index in [0.29, 0.717) is 12.8 Å². The van der Waals surface area contributed by atoms with Crippen LogP contribution in [-0.4, -0.2) is 17.9 Å². The number of carbonyl (C=O) groups is 2. The van der Waals surface area contributed by atoms with Gasteiger partial charge in [-0.3, -0.25) is 9.59 Å². The number of ketones is 1. The van der Waals surface area contributed by atoms with Crippen LogP contribution in [0.1, 0.15) is 72.1 Å². The van der Waals surface area contributed by atoms with Crippen molar-refractivity contribution in [1.29, 1.82) is 0 Å². The predicted octanol–water partition coefficient (Wildman–Crippen LogP) is 3.65. The molecule has 0 bridgehead atoms. The molecule has 0 rings (SSSR count). The van der Waals surface area contributed by atoms with Crippen molar-refractivity contribution >= 4 is 11.8 Å². The second-order valence-corrected chi connectivity index (χ2v) is 4.49. The molecular formula is C14H26O3. The van der Waals surface area contributed by atoms with Crippen molar-refractivity contribution in [2.45, 2.75) is 78.2 Å². The number of rotatable bonds is 10. The van der Waals surface area contributed by atoms with Crippen LogP contribution in [-0.2, 0) is 14.3 Å². The predicted molar refractivity (Wildman–Crippen MR) is 68.8 cm³/mol. The van der Waals surface area contributed by atoms with Crippen molar-refractivity contribution in [3.8, 4) is 0 Å². The van der Waals surface area contributed by atoms with E-state index < -0.39 is 6.10 Å². The van der Waals surface area contributed by atoms with Crippen LogP contribution in [0.3, 0.4) is 0 Å². The smallest absolute Gasteiger partial charge is 0.303 e. The molecule has 0 aliphatic carbocycles. The van der Waals surface area contributed by atoms with Gasteiger partial charge >= 0.3 is 5.97 Å². The third-order valence-electron chi connectivity index (χ3n) is 2.81. The number of unbranched alkanes of at least 4 members (excludes halogenated alkanes) is 5. The Labute approximate surface area is 105 Å². The monoisotopic (exact) mass is 242 g/mol. The van der Waals surface area contributed by atoms with Gasteiger partial charge < -0.3 is 4.74 Å². The number of Topliss-reactive ketones (excluding diaryl/α,β-unsaturated/α-hetero) is 1. The maximum atomic E-state index is 11.7. The zero-order valence-electron chi connectivity index (χ0n) is 11.5. The van der Waals surface area contributed by atoms with Crippen LogP contribution in [0.4, 0.5) is 0 Å². The lowest BCUT2D eigenvalue weighted by Gasteiger charge is -2.13. The van der Waals surface area contributed by atoms with E-state index in [0.717, 1.165) is 12.8 Å². The number of ether oxygens (including phenoxy) is 1. The zero-order chi connectivity index (χ0) is 13.1. The fourth-order valence-electron chi connectivity index (χ4n) is 1.82. The molecule has 0 saturated heterocycles.